The Morgan fingerprint density at radius 2 is 2.13 bits per heavy atom. The van der Waals surface area contributed by atoms with Crippen molar-refractivity contribution in [3.8, 4) is 11.3 Å². The topological polar surface area (TPSA) is 85.6 Å². The maximum absolute atomic E-state index is 11.5. The van der Waals surface area contributed by atoms with Gasteiger partial charge in [0.15, 0.2) is 4.34 Å². The van der Waals surface area contributed by atoms with Crippen molar-refractivity contribution in [2.24, 2.45) is 0 Å². The number of benzene rings is 1. The molecule has 23 heavy (non-hydrogen) atoms. The van der Waals surface area contributed by atoms with Crippen LogP contribution in [0.15, 0.2) is 40.9 Å². The molecule has 0 aliphatic rings. The zero-order valence-corrected chi connectivity index (χ0v) is 13.7. The van der Waals surface area contributed by atoms with Crippen LogP contribution in [0.5, 0.6) is 0 Å². The fourth-order valence-corrected chi connectivity index (χ4v) is 3.49. The van der Waals surface area contributed by atoms with Gasteiger partial charge in [0, 0.05) is 12.5 Å². The smallest absolute Gasteiger partial charge is 0.329 e. The first-order chi connectivity index (χ1) is 11.1. The quantitative estimate of drug-likeness (QED) is 0.574. The van der Waals surface area contributed by atoms with E-state index in [9.17, 15) is 9.59 Å². The molecule has 3 rings (SSSR count). The third-order valence-electron chi connectivity index (χ3n) is 2.73. The summed E-state index contributed by atoms with van der Waals surface area (Å²) in [6.45, 7) is 1.22. The highest BCUT2D eigenvalue weighted by molar-refractivity contribution is 8.01. The van der Waals surface area contributed by atoms with Crippen molar-refractivity contribution in [1.82, 2.24) is 20.1 Å². The molecular formula is C14H12N4O3S2. The highest BCUT2D eigenvalue weighted by Gasteiger charge is 2.12. The molecule has 0 aliphatic heterocycles. The number of amides is 1. The molecule has 0 unspecified atom stereocenters. The Morgan fingerprint density at radius 1 is 1.35 bits per heavy atom. The van der Waals surface area contributed by atoms with Crippen LogP contribution in [0.1, 0.15) is 6.92 Å². The summed E-state index contributed by atoms with van der Waals surface area (Å²) in [6, 6.07) is 9.84. The van der Waals surface area contributed by atoms with Gasteiger partial charge in [0.2, 0.25) is 4.96 Å². The second-order valence-electron chi connectivity index (χ2n) is 4.49. The Hall–Kier alpha value is -2.39. The van der Waals surface area contributed by atoms with Gasteiger partial charge in [0.25, 0.3) is 5.91 Å². The summed E-state index contributed by atoms with van der Waals surface area (Å²) in [4.78, 5) is 31.7. The predicted octanol–water partition coefficient (Wildman–Crippen LogP) is 2.14. The minimum Gasteiger partial charge on any atom is -0.341 e. The molecule has 2 aromatic heterocycles. The zero-order valence-electron chi connectivity index (χ0n) is 12.1. The molecular weight excluding hydrogens is 336 g/mol. The van der Waals surface area contributed by atoms with Gasteiger partial charge in [-0.15, -0.1) is 5.10 Å². The Bertz CT molecular complexity index is 813. The van der Waals surface area contributed by atoms with Gasteiger partial charge in [-0.3, -0.25) is 9.59 Å². The van der Waals surface area contributed by atoms with Gasteiger partial charge < -0.3 is 4.84 Å². The van der Waals surface area contributed by atoms with E-state index in [-0.39, 0.29) is 5.75 Å². The number of hydrogen-bond acceptors (Lipinski definition) is 7. The number of nitrogens with zero attached hydrogens (tertiary/aromatic N) is 3. The molecule has 0 bridgehead atoms. The van der Waals surface area contributed by atoms with Crippen molar-refractivity contribution in [3.05, 3.63) is 36.5 Å². The number of aromatic nitrogens is 3. The van der Waals surface area contributed by atoms with E-state index in [2.05, 4.69) is 20.4 Å². The summed E-state index contributed by atoms with van der Waals surface area (Å²) in [7, 11) is 0. The maximum atomic E-state index is 11.5. The molecule has 0 fully saturated rings. The third-order valence-corrected chi connectivity index (χ3v) is 4.79. The Morgan fingerprint density at radius 3 is 2.83 bits per heavy atom. The second kappa shape index (κ2) is 6.80. The lowest BCUT2D eigenvalue weighted by molar-refractivity contribution is -0.155. The molecule has 9 heteroatoms. The van der Waals surface area contributed by atoms with E-state index >= 15 is 0 Å². The summed E-state index contributed by atoms with van der Waals surface area (Å²) in [5, 5.41) is 4.37. The predicted molar refractivity (Wildman–Crippen MR) is 86.9 cm³/mol. The normalized spacial score (nSPS) is 10.7. The highest BCUT2D eigenvalue weighted by Crippen LogP contribution is 2.27. The summed E-state index contributed by atoms with van der Waals surface area (Å²) >= 11 is 2.65. The standard InChI is InChI=1S/C14H12N4O3S2/c1-9(19)21-17-12(20)8-22-14-16-18-7-11(15-13(18)23-14)10-5-3-2-4-6-10/h2-7H,8H2,1H3,(H,17,20). The summed E-state index contributed by atoms with van der Waals surface area (Å²) in [5.74, 6) is -0.859. The van der Waals surface area contributed by atoms with Gasteiger partial charge in [0.1, 0.15) is 0 Å². The van der Waals surface area contributed by atoms with Crippen LogP contribution in [0.3, 0.4) is 0 Å². The van der Waals surface area contributed by atoms with Crippen LogP contribution < -0.4 is 5.48 Å². The Kier molecular flexibility index (Phi) is 4.58. The van der Waals surface area contributed by atoms with E-state index in [1.807, 2.05) is 36.5 Å². The number of carbonyl (C=O) groups is 2. The molecule has 1 amide bonds. The largest absolute Gasteiger partial charge is 0.341 e. The SMILES string of the molecule is CC(=O)ONC(=O)CSc1nn2cc(-c3ccccc3)nc2s1. The van der Waals surface area contributed by atoms with Crippen molar-refractivity contribution in [3.63, 3.8) is 0 Å². The molecule has 0 atom stereocenters. The summed E-state index contributed by atoms with van der Waals surface area (Å²) < 4.78 is 2.41. The van der Waals surface area contributed by atoms with Crippen LogP contribution in [-0.4, -0.2) is 32.2 Å². The number of fused-ring (bicyclic) bond motifs is 1. The number of hydrogen-bond donors (Lipinski definition) is 1. The molecule has 0 radical (unpaired) electrons. The van der Waals surface area contributed by atoms with Gasteiger partial charge in [-0.25, -0.2) is 9.50 Å². The molecule has 0 spiro atoms. The lowest BCUT2D eigenvalue weighted by atomic mass is 10.2. The van der Waals surface area contributed by atoms with Crippen molar-refractivity contribution >= 4 is 39.9 Å². The lowest BCUT2D eigenvalue weighted by Crippen LogP contribution is -2.27. The van der Waals surface area contributed by atoms with E-state index in [4.69, 9.17) is 0 Å². The van der Waals surface area contributed by atoms with Crippen molar-refractivity contribution in [2.45, 2.75) is 11.3 Å². The van der Waals surface area contributed by atoms with Crippen LogP contribution in [0.25, 0.3) is 16.2 Å². The molecule has 118 valence electrons. The van der Waals surface area contributed by atoms with Crippen LogP contribution in [0, 0.1) is 0 Å². The third kappa shape index (κ3) is 3.88. The molecule has 0 saturated carbocycles. The number of nitrogens with one attached hydrogen (secondary N) is 1. The first kappa shape index (κ1) is 15.5. The molecule has 1 N–H and O–H groups in total. The molecule has 1 aromatic carbocycles. The number of carbonyl (C=O) groups excluding carboxylic acids is 2. The zero-order chi connectivity index (χ0) is 16.2. The van der Waals surface area contributed by atoms with E-state index in [1.54, 1.807) is 4.52 Å². The van der Waals surface area contributed by atoms with Gasteiger partial charge in [0.05, 0.1) is 17.6 Å². The molecule has 0 saturated heterocycles. The van der Waals surface area contributed by atoms with Crippen LogP contribution >= 0.6 is 23.1 Å². The second-order valence-corrected chi connectivity index (χ2v) is 6.67. The Labute approximate surface area is 139 Å². The van der Waals surface area contributed by atoms with Crippen molar-refractivity contribution < 1.29 is 14.4 Å². The first-order valence-corrected chi connectivity index (χ1v) is 8.43. The van der Waals surface area contributed by atoms with Crippen LogP contribution in [0.4, 0.5) is 0 Å². The van der Waals surface area contributed by atoms with Gasteiger partial charge in [-0.05, 0) is 0 Å². The molecule has 2 heterocycles. The van der Waals surface area contributed by atoms with E-state index in [0.29, 0.717) is 4.34 Å². The monoisotopic (exact) mass is 348 g/mol. The van der Waals surface area contributed by atoms with Gasteiger partial charge >= 0.3 is 5.97 Å². The first-order valence-electron chi connectivity index (χ1n) is 6.62. The Balaban J connectivity index is 1.64. The fourth-order valence-electron chi connectivity index (χ4n) is 1.77. The maximum Gasteiger partial charge on any atom is 0.329 e. The van der Waals surface area contributed by atoms with Gasteiger partial charge in [-0.1, -0.05) is 53.4 Å². The van der Waals surface area contributed by atoms with E-state index < -0.39 is 11.9 Å². The van der Waals surface area contributed by atoms with E-state index in [1.165, 1.54) is 30.0 Å². The lowest BCUT2D eigenvalue weighted by Gasteiger charge is -2.01. The van der Waals surface area contributed by atoms with Crippen LogP contribution in [0.2, 0.25) is 0 Å². The summed E-state index contributed by atoms with van der Waals surface area (Å²) in [5.41, 5.74) is 3.94. The van der Waals surface area contributed by atoms with E-state index in [0.717, 1.165) is 16.2 Å². The minimum atomic E-state index is -0.565. The average Bonchev–Trinajstić information content (AvgIpc) is 3.10. The minimum absolute atomic E-state index is 0.107. The molecule has 0 aliphatic carbocycles. The fraction of sp³-hybridized carbons (Fsp3) is 0.143. The van der Waals surface area contributed by atoms with Crippen molar-refractivity contribution in [1.29, 1.82) is 0 Å². The van der Waals surface area contributed by atoms with Crippen molar-refractivity contribution in [2.75, 3.05) is 5.75 Å². The number of imidazole rings is 1. The average molecular weight is 348 g/mol. The summed E-state index contributed by atoms with van der Waals surface area (Å²) in [6.07, 6.45) is 1.85. The van der Waals surface area contributed by atoms with Gasteiger partial charge in [-0.2, -0.15) is 5.48 Å². The molecule has 7 nitrogen and oxygen atoms in total. The number of thioether (sulfide) groups is 1. The highest BCUT2D eigenvalue weighted by atomic mass is 32.2. The number of hydroxylamine groups is 1. The van der Waals surface area contributed by atoms with Crippen LogP contribution in [-0.2, 0) is 14.4 Å². The number of rotatable bonds is 4. The molecule has 3 aromatic rings.